The van der Waals surface area contributed by atoms with Crippen LogP contribution in [-0.2, 0) is 20.7 Å². The average Bonchev–Trinajstić information content (AvgIpc) is 2.72. The Morgan fingerprint density at radius 2 is 1.81 bits per heavy atom. The van der Waals surface area contributed by atoms with Gasteiger partial charge in [0.25, 0.3) is 0 Å². The Morgan fingerprint density at radius 3 is 2.44 bits per heavy atom. The lowest BCUT2D eigenvalue weighted by molar-refractivity contribution is -0.145. The Morgan fingerprint density at radius 1 is 1.16 bits per heavy atom. The molecule has 3 rings (SSSR count). The molecule has 0 saturated carbocycles. The number of ether oxygens (including phenoxy) is 1. The molecule has 2 atom stereocenters. The molecule has 1 amide bonds. The molecule has 0 aromatic heterocycles. The number of carbonyl (C=O) groups excluding carboxylic acids is 2. The highest BCUT2D eigenvalue weighted by molar-refractivity contribution is 6.35. The fraction of sp³-hybridized carbons (Fsp3) is 0.391. The molecule has 176 valence electrons. The van der Waals surface area contributed by atoms with Gasteiger partial charge in [-0.2, -0.15) is 0 Å². The Kier molecular flexibility index (Phi) is 12.5. The molecule has 1 aliphatic rings. The maximum atomic E-state index is 12.6. The Labute approximate surface area is 205 Å². The lowest BCUT2D eigenvalue weighted by Gasteiger charge is -2.33. The first-order valence-corrected chi connectivity index (χ1v) is 11.0. The van der Waals surface area contributed by atoms with E-state index in [2.05, 4.69) is 16.0 Å². The van der Waals surface area contributed by atoms with E-state index in [0.717, 1.165) is 17.5 Å². The minimum absolute atomic E-state index is 0. The van der Waals surface area contributed by atoms with Crippen molar-refractivity contribution in [2.75, 3.05) is 26.0 Å². The van der Waals surface area contributed by atoms with Gasteiger partial charge in [0.2, 0.25) is 5.91 Å². The summed E-state index contributed by atoms with van der Waals surface area (Å²) < 4.78 is 5.28. The number of anilines is 1. The number of hydrogen-bond donors (Lipinski definition) is 3. The second kappa shape index (κ2) is 14.2. The smallest absolute Gasteiger partial charge is 0.328 e. The number of halogens is 3. The molecular formula is C23H30Cl3N3O3. The van der Waals surface area contributed by atoms with Crippen molar-refractivity contribution in [2.45, 2.75) is 38.3 Å². The fourth-order valence-electron chi connectivity index (χ4n) is 3.27. The van der Waals surface area contributed by atoms with Gasteiger partial charge < -0.3 is 20.7 Å². The van der Waals surface area contributed by atoms with Crippen molar-refractivity contribution < 1.29 is 14.3 Å². The summed E-state index contributed by atoms with van der Waals surface area (Å²) in [6, 6.07) is 11.8. The van der Waals surface area contributed by atoms with Gasteiger partial charge in [-0.15, -0.1) is 12.4 Å². The van der Waals surface area contributed by atoms with Crippen LogP contribution in [0.15, 0.2) is 42.5 Å². The number of amides is 1. The number of hydrogen-bond acceptors (Lipinski definition) is 5. The quantitative estimate of drug-likeness (QED) is 0.495. The summed E-state index contributed by atoms with van der Waals surface area (Å²) in [5, 5.41) is 9.80. The Hall–Kier alpha value is -1.99. The van der Waals surface area contributed by atoms with Gasteiger partial charge in [0, 0.05) is 27.7 Å². The number of carbonyl (C=O) groups is 2. The summed E-state index contributed by atoms with van der Waals surface area (Å²) >= 11 is 12.5. The number of esters is 1. The van der Waals surface area contributed by atoms with Crippen molar-refractivity contribution in [1.29, 1.82) is 0 Å². The molecule has 2 aromatic rings. The predicted octanol–water partition coefficient (Wildman–Crippen LogP) is 4.79. The monoisotopic (exact) mass is 501 g/mol. The van der Waals surface area contributed by atoms with Gasteiger partial charge in [-0.25, -0.2) is 4.79 Å². The highest BCUT2D eigenvalue weighted by atomic mass is 35.5. The number of nitrogens with one attached hydrogen (secondary N) is 3. The average molecular weight is 503 g/mol. The summed E-state index contributed by atoms with van der Waals surface area (Å²) in [6.07, 6.45) is 1.33. The minimum atomic E-state index is -0.587. The zero-order valence-corrected chi connectivity index (χ0v) is 20.7. The molecule has 0 spiro atoms. The topological polar surface area (TPSA) is 79.5 Å². The highest BCUT2D eigenvalue weighted by Crippen LogP contribution is 2.40. The van der Waals surface area contributed by atoms with E-state index in [1.165, 1.54) is 0 Å². The van der Waals surface area contributed by atoms with Crippen LogP contribution in [0, 0.1) is 0 Å². The van der Waals surface area contributed by atoms with Crippen LogP contribution in [-0.4, -0.2) is 38.6 Å². The minimum Gasteiger partial charge on any atom is -0.464 e. The van der Waals surface area contributed by atoms with Crippen LogP contribution < -0.4 is 16.0 Å². The number of benzene rings is 2. The maximum Gasteiger partial charge on any atom is 0.328 e. The van der Waals surface area contributed by atoms with Crippen LogP contribution in [0.25, 0.3) is 0 Å². The molecular weight excluding hydrogens is 473 g/mol. The molecule has 2 unspecified atom stereocenters. The third-order valence-electron chi connectivity index (χ3n) is 4.52. The first-order chi connectivity index (χ1) is 14.9. The van der Waals surface area contributed by atoms with E-state index in [4.69, 9.17) is 27.9 Å². The van der Waals surface area contributed by atoms with Gasteiger partial charge in [0.15, 0.2) is 0 Å². The molecule has 6 nitrogen and oxygen atoms in total. The summed E-state index contributed by atoms with van der Waals surface area (Å²) in [7, 11) is 3.75. The van der Waals surface area contributed by atoms with Crippen molar-refractivity contribution in [2.24, 2.45) is 0 Å². The van der Waals surface area contributed by atoms with E-state index in [1.807, 2.05) is 51.4 Å². The fourth-order valence-corrected chi connectivity index (χ4v) is 3.90. The highest BCUT2D eigenvalue weighted by Gasteiger charge is 2.34. The van der Waals surface area contributed by atoms with Crippen LogP contribution in [0.2, 0.25) is 10.0 Å². The van der Waals surface area contributed by atoms with Crippen LogP contribution in [0.4, 0.5) is 5.69 Å². The Bertz CT molecular complexity index is 882. The van der Waals surface area contributed by atoms with E-state index < -0.39 is 12.1 Å². The zero-order chi connectivity index (χ0) is 22.8. The molecule has 0 fully saturated rings. The summed E-state index contributed by atoms with van der Waals surface area (Å²) in [5.41, 5.74) is 2.27. The molecule has 32 heavy (non-hydrogen) atoms. The van der Waals surface area contributed by atoms with Crippen LogP contribution in [0.5, 0.6) is 0 Å². The molecule has 1 aliphatic heterocycles. The maximum absolute atomic E-state index is 12.6. The standard InChI is InChI=1S/C21H22Cl2N2O3.C2H7N.ClH/c1-2-8-28-21(27)18-12-17(20-15(23)10-14(22)11-16(20)24-18)25-19(26)9-13-6-4-3-5-7-13;1-3-2;/h3-7,10-11,17-18,24H,2,8-9,12H2,1H3,(H,25,26);3H,1-2H3;1H. The van der Waals surface area contributed by atoms with Crippen LogP contribution in [0.1, 0.15) is 36.9 Å². The first kappa shape index (κ1) is 28.0. The number of rotatable bonds is 6. The van der Waals surface area contributed by atoms with Crippen molar-refractivity contribution in [3.8, 4) is 0 Å². The van der Waals surface area contributed by atoms with Crippen molar-refractivity contribution >= 4 is 53.2 Å². The summed E-state index contributed by atoms with van der Waals surface area (Å²) in [6.45, 7) is 2.29. The predicted molar refractivity (Wildman–Crippen MR) is 133 cm³/mol. The first-order valence-electron chi connectivity index (χ1n) is 10.2. The summed E-state index contributed by atoms with van der Waals surface area (Å²) in [5.74, 6) is -0.498. The molecule has 0 aliphatic carbocycles. The molecule has 1 heterocycles. The normalized spacial score (nSPS) is 16.3. The van der Waals surface area contributed by atoms with E-state index in [0.29, 0.717) is 28.8 Å². The molecule has 0 radical (unpaired) electrons. The van der Waals surface area contributed by atoms with Gasteiger partial charge in [-0.3, -0.25) is 4.79 Å². The van der Waals surface area contributed by atoms with Gasteiger partial charge in [-0.1, -0.05) is 60.5 Å². The molecule has 9 heteroatoms. The van der Waals surface area contributed by atoms with Crippen molar-refractivity contribution in [3.05, 3.63) is 63.6 Å². The molecule has 0 bridgehead atoms. The van der Waals surface area contributed by atoms with E-state index in [-0.39, 0.29) is 30.7 Å². The lowest BCUT2D eigenvalue weighted by atomic mass is 9.92. The van der Waals surface area contributed by atoms with Gasteiger partial charge >= 0.3 is 5.97 Å². The second-order valence-electron chi connectivity index (χ2n) is 7.23. The van der Waals surface area contributed by atoms with Gasteiger partial charge in [0.05, 0.1) is 19.1 Å². The SMILES string of the molecule is CCCOC(=O)C1CC(NC(=O)Cc2ccccc2)c2c(Cl)cc(Cl)cc2N1.CNC.Cl. The van der Waals surface area contributed by atoms with Crippen molar-refractivity contribution in [3.63, 3.8) is 0 Å². The molecule has 2 aromatic carbocycles. The third kappa shape index (κ3) is 8.17. The lowest BCUT2D eigenvalue weighted by Crippen LogP contribution is -2.42. The third-order valence-corrected chi connectivity index (χ3v) is 5.05. The molecule has 0 saturated heterocycles. The van der Waals surface area contributed by atoms with Crippen LogP contribution in [0.3, 0.4) is 0 Å². The van der Waals surface area contributed by atoms with Gasteiger partial charge in [-0.05, 0) is 38.2 Å². The van der Waals surface area contributed by atoms with E-state index in [9.17, 15) is 9.59 Å². The van der Waals surface area contributed by atoms with Crippen molar-refractivity contribution in [1.82, 2.24) is 10.6 Å². The van der Waals surface area contributed by atoms with Crippen LogP contribution >= 0.6 is 35.6 Å². The number of fused-ring (bicyclic) bond motifs is 1. The van der Waals surface area contributed by atoms with E-state index in [1.54, 1.807) is 12.1 Å². The Balaban J connectivity index is 0.00000121. The molecule has 3 N–H and O–H groups in total. The largest absolute Gasteiger partial charge is 0.464 e. The zero-order valence-electron chi connectivity index (χ0n) is 18.4. The van der Waals surface area contributed by atoms with Gasteiger partial charge in [0.1, 0.15) is 6.04 Å². The van der Waals surface area contributed by atoms with E-state index >= 15 is 0 Å². The second-order valence-corrected chi connectivity index (χ2v) is 8.08. The summed E-state index contributed by atoms with van der Waals surface area (Å²) in [4.78, 5) is 25.0.